The van der Waals surface area contributed by atoms with E-state index in [2.05, 4.69) is 33.2 Å². The lowest BCUT2D eigenvalue weighted by Gasteiger charge is -2.19. The number of fused-ring (bicyclic) bond motifs is 2. The van der Waals surface area contributed by atoms with E-state index in [4.69, 9.17) is 0 Å². The zero-order valence-corrected chi connectivity index (χ0v) is 6.73. The molecule has 0 amide bonds. The van der Waals surface area contributed by atoms with Crippen LogP contribution >= 0.6 is 22.6 Å². The molecule has 0 spiro atoms. The third kappa shape index (κ3) is 0.681. The molecule has 2 aliphatic rings. The van der Waals surface area contributed by atoms with Crippen molar-refractivity contribution in [3.63, 3.8) is 0 Å². The SMILES string of the molecule is IC12CNC(CN1)C2. The fourth-order valence-electron chi connectivity index (χ4n) is 1.43. The highest BCUT2D eigenvalue weighted by Crippen LogP contribution is 2.31. The first-order valence-corrected chi connectivity index (χ1v) is 4.04. The molecule has 46 valence electrons. The highest BCUT2D eigenvalue weighted by molar-refractivity contribution is 14.1. The molecular weight excluding hydrogens is 215 g/mol. The van der Waals surface area contributed by atoms with E-state index in [9.17, 15) is 0 Å². The fraction of sp³-hybridized carbons (Fsp3) is 1.00. The zero-order chi connectivity index (χ0) is 5.61. The van der Waals surface area contributed by atoms with Crippen LogP contribution in [-0.2, 0) is 0 Å². The number of rotatable bonds is 0. The van der Waals surface area contributed by atoms with Crippen molar-refractivity contribution in [1.29, 1.82) is 0 Å². The summed E-state index contributed by atoms with van der Waals surface area (Å²) in [6, 6.07) is 0.770. The molecule has 0 radical (unpaired) electrons. The first-order valence-electron chi connectivity index (χ1n) is 2.96. The summed E-state index contributed by atoms with van der Waals surface area (Å²) in [7, 11) is 0. The van der Waals surface area contributed by atoms with Crippen LogP contribution in [0, 0.1) is 0 Å². The zero-order valence-electron chi connectivity index (χ0n) is 4.58. The van der Waals surface area contributed by atoms with Crippen molar-refractivity contribution in [1.82, 2.24) is 10.6 Å². The molecule has 2 saturated heterocycles. The monoisotopic (exact) mass is 224 g/mol. The molecule has 8 heavy (non-hydrogen) atoms. The molecule has 2 atom stereocenters. The van der Waals surface area contributed by atoms with Crippen molar-refractivity contribution in [3.8, 4) is 0 Å². The van der Waals surface area contributed by atoms with Gasteiger partial charge in [-0.1, -0.05) is 22.6 Å². The molecule has 0 aromatic rings. The summed E-state index contributed by atoms with van der Waals surface area (Å²) < 4.78 is 0.419. The minimum atomic E-state index is 0.419. The molecule has 0 aromatic heterocycles. The van der Waals surface area contributed by atoms with Gasteiger partial charge in [-0.05, 0) is 6.42 Å². The van der Waals surface area contributed by atoms with E-state index in [1.165, 1.54) is 13.0 Å². The van der Waals surface area contributed by atoms with Crippen LogP contribution in [0.2, 0.25) is 0 Å². The molecule has 0 saturated carbocycles. The molecule has 3 heteroatoms. The van der Waals surface area contributed by atoms with Crippen LogP contribution in [0.4, 0.5) is 0 Å². The Morgan fingerprint density at radius 2 is 2.50 bits per heavy atom. The van der Waals surface area contributed by atoms with E-state index in [0.717, 1.165) is 12.6 Å². The number of piperazine rings is 1. The lowest BCUT2D eigenvalue weighted by atomic mass is 10.2. The van der Waals surface area contributed by atoms with Gasteiger partial charge in [0.1, 0.15) is 0 Å². The maximum absolute atomic E-state index is 3.46. The van der Waals surface area contributed by atoms with Gasteiger partial charge >= 0.3 is 0 Å². The van der Waals surface area contributed by atoms with Gasteiger partial charge in [-0.2, -0.15) is 0 Å². The Morgan fingerprint density at radius 3 is 2.62 bits per heavy atom. The molecule has 0 aliphatic carbocycles. The molecule has 2 nitrogen and oxygen atoms in total. The maximum atomic E-state index is 3.46. The Balaban J connectivity index is 2.19. The second-order valence-electron chi connectivity index (χ2n) is 2.63. The van der Waals surface area contributed by atoms with Crippen molar-refractivity contribution in [2.24, 2.45) is 0 Å². The Hall–Kier alpha value is 0.650. The molecule has 2 aliphatic heterocycles. The third-order valence-corrected chi connectivity index (χ3v) is 3.11. The number of halogens is 1. The Kier molecular flexibility index (Phi) is 1.07. The predicted molar refractivity (Wildman–Crippen MR) is 41.2 cm³/mol. The van der Waals surface area contributed by atoms with Crippen LogP contribution < -0.4 is 10.6 Å². The Labute approximate surface area is 62.5 Å². The summed E-state index contributed by atoms with van der Waals surface area (Å²) in [5, 5.41) is 6.88. The van der Waals surface area contributed by atoms with E-state index in [1.807, 2.05) is 0 Å². The van der Waals surface area contributed by atoms with Gasteiger partial charge in [0.2, 0.25) is 0 Å². The van der Waals surface area contributed by atoms with Crippen molar-refractivity contribution in [3.05, 3.63) is 0 Å². The summed E-state index contributed by atoms with van der Waals surface area (Å²) in [5.74, 6) is 0. The minimum Gasteiger partial charge on any atom is -0.310 e. The lowest BCUT2D eigenvalue weighted by Crippen LogP contribution is -2.45. The van der Waals surface area contributed by atoms with Gasteiger partial charge in [-0.15, -0.1) is 0 Å². The van der Waals surface area contributed by atoms with Gasteiger partial charge in [0.15, 0.2) is 0 Å². The summed E-state index contributed by atoms with van der Waals surface area (Å²) in [6.07, 6.45) is 1.31. The van der Waals surface area contributed by atoms with Gasteiger partial charge in [0.05, 0.1) is 3.55 Å². The molecule has 2 fully saturated rings. The molecule has 2 rings (SSSR count). The molecule has 2 N–H and O–H groups in total. The maximum Gasteiger partial charge on any atom is 0.0847 e. The van der Waals surface area contributed by atoms with Crippen LogP contribution in [0.15, 0.2) is 0 Å². The van der Waals surface area contributed by atoms with Crippen molar-refractivity contribution in [2.45, 2.75) is 16.0 Å². The number of alkyl halides is 1. The van der Waals surface area contributed by atoms with E-state index < -0.39 is 0 Å². The van der Waals surface area contributed by atoms with Crippen LogP contribution in [0.5, 0.6) is 0 Å². The summed E-state index contributed by atoms with van der Waals surface area (Å²) in [4.78, 5) is 0. The van der Waals surface area contributed by atoms with Crippen molar-refractivity contribution in [2.75, 3.05) is 13.1 Å². The second kappa shape index (κ2) is 1.58. The largest absolute Gasteiger partial charge is 0.310 e. The standard InChI is InChI=1S/C5H9IN2/c6-5-1-4(2-8-5)7-3-5/h4,7-8H,1-3H2. The number of hydrogen-bond acceptors (Lipinski definition) is 2. The highest BCUT2D eigenvalue weighted by Gasteiger charge is 2.41. The smallest absolute Gasteiger partial charge is 0.0847 e. The van der Waals surface area contributed by atoms with E-state index in [0.29, 0.717) is 3.55 Å². The normalized spacial score (nSPS) is 52.9. The van der Waals surface area contributed by atoms with E-state index in [-0.39, 0.29) is 0 Å². The molecule has 2 heterocycles. The summed E-state index contributed by atoms with van der Waals surface area (Å²) in [5.41, 5.74) is 0. The Bertz CT molecular complexity index is 107. The first-order chi connectivity index (χ1) is 3.79. The van der Waals surface area contributed by atoms with Crippen molar-refractivity contribution < 1.29 is 0 Å². The van der Waals surface area contributed by atoms with Crippen LogP contribution in [-0.4, -0.2) is 22.7 Å². The topological polar surface area (TPSA) is 24.1 Å². The quantitative estimate of drug-likeness (QED) is 0.346. The third-order valence-electron chi connectivity index (χ3n) is 1.91. The lowest BCUT2D eigenvalue weighted by molar-refractivity contribution is 0.516. The summed E-state index contributed by atoms with van der Waals surface area (Å²) in [6.45, 7) is 2.32. The van der Waals surface area contributed by atoms with Gasteiger partial charge in [0.25, 0.3) is 0 Å². The average Bonchev–Trinajstić information content (AvgIpc) is 2.21. The summed E-state index contributed by atoms with van der Waals surface area (Å²) >= 11 is 2.50. The van der Waals surface area contributed by atoms with Gasteiger partial charge in [0, 0.05) is 19.1 Å². The fourth-order valence-corrected chi connectivity index (χ4v) is 2.40. The minimum absolute atomic E-state index is 0.419. The molecule has 0 aromatic carbocycles. The highest BCUT2D eigenvalue weighted by atomic mass is 127. The van der Waals surface area contributed by atoms with Gasteiger partial charge < -0.3 is 10.6 Å². The van der Waals surface area contributed by atoms with Gasteiger partial charge in [-0.3, -0.25) is 0 Å². The number of nitrogens with one attached hydrogen (secondary N) is 2. The first kappa shape index (κ1) is 5.44. The average molecular weight is 224 g/mol. The molecule has 2 bridgehead atoms. The molecular formula is C5H9IN2. The van der Waals surface area contributed by atoms with E-state index in [1.54, 1.807) is 0 Å². The van der Waals surface area contributed by atoms with Crippen LogP contribution in [0.3, 0.4) is 0 Å². The van der Waals surface area contributed by atoms with Gasteiger partial charge in [-0.25, -0.2) is 0 Å². The Morgan fingerprint density at radius 1 is 1.62 bits per heavy atom. The van der Waals surface area contributed by atoms with Crippen LogP contribution in [0.1, 0.15) is 6.42 Å². The van der Waals surface area contributed by atoms with Crippen molar-refractivity contribution >= 4 is 22.6 Å². The van der Waals surface area contributed by atoms with Crippen LogP contribution in [0.25, 0.3) is 0 Å². The van der Waals surface area contributed by atoms with E-state index >= 15 is 0 Å². The predicted octanol–water partition coefficient (Wildman–Crippen LogP) is 0.0828. The number of hydrogen-bond donors (Lipinski definition) is 2. The second-order valence-corrected chi connectivity index (χ2v) is 4.69. The molecule has 2 unspecified atom stereocenters.